The standard InChI is InChI=1S/C15H12F3N5O3S3/c1-29(25,26)23-14-22-21-13(28-14)20-11(24)6-10-7-27-12(19-10)8-2-4-9(5-3-8)15(16,17)18/h2-5,7H,6H2,1H3,(H,22,23)(H,20,21,24). The van der Waals surface area contributed by atoms with Gasteiger partial charge in [-0.3, -0.25) is 9.52 Å². The van der Waals surface area contributed by atoms with Crippen LogP contribution >= 0.6 is 22.7 Å². The van der Waals surface area contributed by atoms with Crippen LogP contribution in [0.5, 0.6) is 0 Å². The van der Waals surface area contributed by atoms with Crippen molar-refractivity contribution in [3.8, 4) is 10.6 Å². The van der Waals surface area contributed by atoms with Gasteiger partial charge in [-0.05, 0) is 12.1 Å². The lowest BCUT2D eigenvalue weighted by Crippen LogP contribution is -2.14. The van der Waals surface area contributed by atoms with E-state index >= 15 is 0 Å². The molecule has 3 rings (SSSR count). The lowest BCUT2D eigenvalue weighted by molar-refractivity contribution is -0.137. The number of thiazole rings is 1. The number of carbonyl (C=O) groups excluding carboxylic acids is 1. The fourth-order valence-electron chi connectivity index (χ4n) is 2.12. The summed E-state index contributed by atoms with van der Waals surface area (Å²) in [6, 6.07) is 4.59. The summed E-state index contributed by atoms with van der Waals surface area (Å²) in [5, 5.41) is 12.0. The number of alkyl halides is 3. The third-order valence-corrected chi connectivity index (χ3v) is 5.68. The molecule has 29 heavy (non-hydrogen) atoms. The van der Waals surface area contributed by atoms with Gasteiger partial charge in [0.2, 0.25) is 26.2 Å². The van der Waals surface area contributed by atoms with Gasteiger partial charge < -0.3 is 5.32 Å². The first-order valence-electron chi connectivity index (χ1n) is 7.73. The molecule has 2 heterocycles. The average Bonchev–Trinajstić information content (AvgIpc) is 3.22. The molecule has 0 radical (unpaired) electrons. The Morgan fingerprint density at radius 1 is 1.14 bits per heavy atom. The number of aromatic nitrogens is 3. The number of nitrogens with zero attached hydrogens (tertiary/aromatic N) is 3. The van der Waals surface area contributed by atoms with Crippen molar-refractivity contribution in [3.05, 3.63) is 40.9 Å². The van der Waals surface area contributed by atoms with Crippen LogP contribution in [0.1, 0.15) is 11.3 Å². The Kier molecular flexibility index (Phi) is 5.86. The van der Waals surface area contributed by atoms with E-state index in [1.807, 2.05) is 0 Å². The Labute approximate surface area is 170 Å². The zero-order valence-electron chi connectivity index (χ0n) is 14.5. The van der Waals surface area contributed by atoms with Crippen LogP contribution in [0.2, 0.25) is 0 Å². The van der Waals surface area contributed by atoms with Crippen LogP contribution in [0.3, 0.4) is 0 Å². The van der Waals surface area contributed by atoms with Crippen molar-refractivity contribution in [1.29, 1.82) is 0 Å². The molecule has 0 unspecified atom stereocenters. The number of rotatable bonds is 6. The van der Waals surface area contributed by atoms with Crippen molar-refractivity contribution >= 4 is 48.9 Å². The smallest absolute Gasteiger partial charge is 0.300 e. The highest BCUT2D eigenvalue weighted by atomic mass is 32.2. The van der Waals surface area contributed by atoms with E-state index < -0.39 is 27.7 Å². The van der Waals surface area contributed by atoms with Gasteiger partial charge in [-0.15, -0.1) is 21.5 Å². The number of hydrogen-bond acceptors (Lipinski definition) is 8. The van der Waals surface area contributed by atoms with Crippen LogP contribution in [0.15, 0.2) is 29.6 Å². The highest BCUT2D eigenvalue weighted by Crippen LogP contribution is 2.32. The lowest BCUT2D eigenvalue weighted by atomic mass is 10.1. The first-order valence-corrected chi connectivity index (χ1v) is 11.3. The molecule has 0 bridgehead atoms. The molecule has 14 heteroatoms. The Morgan fingerprint density at radius 3 is 2.41 bits per heavy atom. The zero-order chi connectivity index (χ0) is 21.2. The first-order chi connectivity index (χ1) is 13.5. The molecule has 2 aromatic heterocycles. The van der Waals surface area contributed by atoms with Crippen LogP contribution in [-0.2, 0) is 27.4 Å². The average molecular weight is 463 g/mol. The number of carbonyl (C=O) groups is 1. The highest BCUT2D eigenvalue weighted by molar-refractivity contribution is 7.92. The molecular weight excluding hydrogens is 451 g/mol. The third kappa shape index (κ3) is 5.95. The Balaban J connectivity index is 1.62. The molecule has 1 aromatic carbocycles. The number of halogens is 3. The molecule has 154 valence electrons. The van der Waals surface area contributed by atoms with Crippen molar-refractivity contribution in [3.63, 3.8) is 0 Å². The molecular formula is C15H12F3N5O3S3. The fourth-order valence-corrected chi connectivity index (χ4v) is 4.44. The minimum atomic E-state index is -4.41. The van der Waals surface area contributed by atoms with E-state index in [1.165, 1.54) is 23.5 Å². The molecule has 8 nitrogen and oxygen atoms in total. The molecule has 0 aliphatic heterocycles. The summed E-state index contributed by atoms with van der Waals surface area (Å²) < 4.78 is 62.3. The van der Waals surface area contributed by atoms with Gasteiger partial charge in [-0.25, -0.2) is 13.4 Å². The predicted octanol–water partition coefficient (Wildman–Crippen LogP) is 3.23. The second-order valence-corrected chi connectivity index (χ2v) is 9.31. The van der Waals surface area contributed by atoms with Crippen molar-refractivity contribution in [2.75, 3.05) is 16.3 Å². The number of amides is 1. The predicted molar refractivity (Wildman–Crippen MR) is 103 cm³/mol. The summed E-state index contributed by atoms with van der Waals surface area (Å²) >= 11 is 2.05. The topological polar surface area (TPSA) is 114 Å². The molecule has 0 fully saturated rings. The molecule has 0 aliphatic rings. The molecule has 3 aromatic rings. The van der Waals surface area contributed by atoms with Gasteiger partial charge in [-0.2, -0.15) is 13.2 Å². The fraction of sp³-hybridized carbons (Fsp3) is 0.200. The van der Waals surface area contributed by atoms with Gasteiger partial charge in [0.1, 0.15) is 5.01 Å². The molecule has 2 N–H and O–H groups in total. The molecule has 0 aliphatic carbocycles. The van der Waals surface area contributed by atoms with Crippen LogP contribution in [-0.4, -0.2) is 35.8 Å². The van der Waals surface area contributed by atoms with Crippen LogP contribution in [0.25, 0.3) is 10.6 Å². The maximum absolute atomic E-state index is 12.6. The van der Waals surface area contributed by atoms with E-state index in [9.17, 15) is 26.4 Å². The SMILES string of the molecule is CS(=O)(=O)Nc1nnc(NC(=O)Cc2csc(-c3ccc(C(F)(F)F)cc3)n2)s1. The number of sulfonamides is 1. The van der Waals surface area contributed by atoms with Gasteiger partial charge in [0, 0.05) is 10.9 Å². The van der Waals surface area contributed by atoms with Gasteiger partial charge in [0.25, 0.3) is 0 Å². The number of nitrogens with one attached hydrogen (secondary N) is 2. The summed E-state index contributed by atoms with van der Waals surface area (Å²) in [6.45, 7) is 0. The highest BCUT2D eigenvalue weighted by Gasteiger charge is 2.30. The Morgan fingerprint density at radius 2 is 1.79 bits per heavy atom. The lowest BCUT2D eigenvalue weighted by Gasteiger charge is -2.06. The van der Waals surface area contributed by atoms with Gasteiger partial charge in [-0.1, -0.05) is 23.5 Å². The van der Waals surface area contributed by atoms with Crippen molar-refractivity contribution in [2.24, 2.45) is 0 Å². The second-order valence-electron chi connectivity index (χ2n) is 5.73. The van der Waals surface area contributed by atoms with E-state index in [2.05, 4.69) is 25.2 Å². The van der Waals surface area contributed by atoms with Crippen molar-refractivity contribution < 1.29 is 26.4 Å². The number of anilines is 2. The van der Waals surface area contributed by atoms with E-state index in [0.29, 0.717) is 16.3 Å². The van der Waals surface area contributed by atoms with Gasteiger partial charge in [0.05, 0.1) is 23.9 Å². The number of benzene rings is 1. The maximum atomic E-state index is 12.6. The largest absolute Gasteiger partial charge is 0.416 e. The van der Waals surface area contributed by atoms with E-state index in [1.54, 1.807) is 5.38 Å². The van der Waals surface area contributed by atoms with Crippen molar-refractivity contribution in [2.45, 2.75) is 12.6 Å². The van der Waals surface area contributed by atoms with E-state index in [0.717, 1.165) is 29.7 Å². The summed E-state index contributed by atoms with van der Waals surface area (Å²) in [5.74, 6) is -0.448. The Hall–Kier alpha value is -2.58. The summed E-state index contributed by atoms with van der Waals surface area (Å²) in [6.07, 6.45) is -3.54. The Bertz CT molecular complexity index is 1120. The normalized spacial score (nSPS) is 12.0. The third-order valence-electron chi connectivity index (χ3n) is 3.30. The molecule has 0 atom stereocenters. The summed E-state index contributed by atoms with van der Waals surface area (Å²) in [5.41, 5.74) is 0.191. The van der Waals surface area contributed by atoms with Crippen LogP contribution in [0, 0.1) is 0 Å². The summed E-state index contributed by atoms with van der Waals surface area (Å²) in [4.78, 5) is 16.4. The quantitative estimate of drug-likeness (QED) is 0.580. The van der Waals surface area contributed by atoms with Crippen LogP contribution in [0.4, 0.5) is 23.4 Å². The van der Waals surface area contributed by atoms with E-state index in [-0.39, 0.29) is 16.7 Å². The monoisotopic (exact) mass is 463 g/mol. The maximum Gasteiger partial charge on any atom is 0.416 e. The second kappa shape index (κ2) is 8.04. The molecule has 0 saturated carbocycles. The summed E-state index contributed by atoms with van der Waals surface area (Å²) in [7, 11) is -3.50. The number of hydrogen-bond donors (Lipinski definition) is 2. The van der Waals surface area contributed by atoms with Crippen molar-refractivity contribution in [1.82, 2.24) is 15.2 Å². The van der Waals surface area contributed by atoms with E-state index in [4.69, 9.17) is 0 Å². The zero-order valence-corrected chi connectivity index (χ0v) is 17.0. The minimum absolute atomic E-state index is 0.0149. The molecule has 0 spiro atoms. The van der Waals surface area contributed by atoms with Gasteiger partial charge >= 0.3 is 6.18 Å². The minimum Gasteiger partial charge on any atom is -0.300 e. The van der Waals surface area contributed by atoms with Gasteiger partial charge in [0.15, 0.2) is 0 Å². The molecule has 1 amide bonds. The first kappa shape index (κ1) is 21.1. The molecule has 0 saturated heterocycles. The van der Waals surface area contributed by atoms with Crippen LogP contribution < -0.4 is 10.0 Å².